The molecule has 0 amide bonds. The van der Waals surface area contributed by atoms with Crippen molar-refractivity contribution in [3.8, 4) is 0 Å². The number of aromatic nitrogens is 2. The van der Waals surface area contributed by atoms with Crippen LogP contribution in [0.3, 0.4) is 0 Å². The van der Waals surface area contributed by atoms with Crippen LogP contribution in [-0.4, -0.2) is 28.2 Å². The summed E-state index contributed by atoms with van der Waals surface area (Å²) >= 11 is 0. The summed E-state index contributed by atoms with van der Waals surface area (Å²) < 4.78 is 1.85. The summed E-state index contributed by atoms with van der Waals surface area (Å²) in [6.45, 7) is 5.12. The molecule has 1 aromatic carbocycles. The minimum Gasteiger partial charge on any atom is -0.315 e. The average Bonchev–Trinajstić information content (AvgIpc) is 2.72. The average molecular weight is 273 g/mol. The summed E-state index contributed by atoms with van der Waals surface area (Å²) in [7, 11) is 1.92. The van der Waals surface area contributed by atoms with Gasteiger partial charge in [-0.25, -0.2) is 0 Å². The number of benzene rings is 1. The second-order valence-electron chi connectivity index (χ2n) is 5.52. The molecule has 0 unspecified atom stereocenters. The molecule has 0 atom stereocenters. The quantitative estimate of drug-likeness (QED) is 0.788. The molecule has 1 N–H and O–H groups in total. The van der Waals surface area contributed by atoms with Crippen LogP contribution in [-0.2, 0) is 18.3 Å². The molecule has 1 aromatic heterocycles. The van der Waals surface area contributed by atoms with Crippen LogP contribution in [0.2, 0.25) is 0 Å². The zero-order valence-electron chi connectivity index (χ0n) is 12.5. The van der Waals surface area contributed by atoms with Gasteiger partial charge in [-0.2, -0.15) is 5.10 Å². The van der Waals surface area contributed by atoms with Gasteiger partial charge in [0.2, 0.25) is 0 Å². The van der Waals surface area contributed by atoms with E-state index < -0.39 is 0 Å². The number of hydrogen-bond donors (Lipinski definition) is 1. The fraction of sp³-hybridized carbons (Fsp3) is 0.500. The Balaban J connectivity index is 1.93. The van der Waals surface area contributed by atoms with Crippen LogP contribution in [0.1, 0.15) is 32.4 Å². The summed E-state index contributed by atoms with van der Waals surface area (Å²) in [4.78, 5) is 12.0. The SMILES string of the molecule is CC(C)NCCCC(=O)Cc1nn(C)c2ccccc12. The maximum atomic E-state index is 12.0. The number of carbonyl (C=O) groups excluding carboxylic acids is 1. The van der Waals surface area contributed by atoms with Crippen molar-refractivity contribution in [2.24, 2.45) is 7.05 Å². The number of carbonyl (C=O) groups is 1. The molecule has 0 aliphatic rings. The first-order chi connectivity index (χ1) is 9.58. The van der Waals surface area contributed by atoms with Crippen LogP contribution in [0.5, 0.6) is 0 Å². The number of nitrogens with one attached hydrogen (secondary N) is 1. The van der Waals surface area contributed by atoms with Crippen LogP contribution in [0.25, 0.3) is 10.9 Å². The number of rotatable bonds is 7. The normalized spacial score (nSPS) is 11.4. The molecule has 2 rings (SSSR count). The Morgan fingerprint density at radius 1 is 1.35 bits per heavy atom. The van der Waals surface area contributed by atoms with Gasteiger partial charge in [0.15, 0.2) is 0 Å². The van der Waals surface area contributed by atoms with Gasteiger partial charge in [0.1, 0.15) is 5.78 Å². The molecular formula is C16H23N3O. The topological polar surface area (TPSA) is 46.9 Å². The van der Waals surface area contributed by atoms with Crippen LogP contribution in [0, 0.1) is 0 Å². The zero-order chi connectivity index (χ0) is 14.5. The highest BCUT2D eigenvalue weighted by molar-refractivity contribution is 5.88. The summed E-state index contributed by atoms with van der Waals surface area (Å²) in [5.74, 6) is 0.263. The van der Waals surface area contributed by atoms with E-state index in [0.29, 0.717) is 18.9 Å². The highest BCUT2D eigenvalue weighted by atomic mass is 16.1. The minimum absolute atomic E-state index is 0.263. The van der Waals surface area contributed by atoms with Crippen LogP contribution in [0.4, 0.5) is 0 Å². The summed E-state index contributed by atoms with van der Waals surface area (Å²) in [6, 6.07) is 8.52. The molecule has 0 aliphatic carbocycles. The summed E-state index contributed by atoms with van der Waals surface area (Å²) in [5, 5.41) is 8.88. The maximum Gasteiger partial charge on any atom is 0.138 e. The predicted octanol–water partition coefficient (Wildman–Crippen LogP) is 2.46. The van der Waals surface area contributed by atoms with E-state index in [-0.39, 0.29) is 5.78 Å². The second-order valence-corrected chi connectivity index (χ2v) is 5.52. The number of aryl methyl sites for hydroxylation is 1. The van der Waals surface area contributed by atoms with Gasteiger partial charge < -0.3 is 5.32 Å². The van der Waals surface area contributed by atoms with Gasteiger partial charge in [0.05, 0.1) is 17.6 Å². The van der Waals surface area contributed by atoms with Crippen molar-refractivity contribution in [3.63, 3.8) is 0 Å². The lowest BCUT2D eigenvalue weighted by Crippen LogP contribution is -2.24. The van der Waals surface area contributed by atoms with Gasteiger partial charge in [0, 0.05) is 24.9 Å². The molecule has 0 spiro atoms. The van der Waals surface area contributed by atoms with Gasteiger partial charge in [-0.3, -0.25) is 9.48 Å². The number of nitrogens with zero attached hydrogens (tertiary/aromatic N) is 2. The van der Waals surface area contributed by atoms with Crippen LogP contribution < -0.4 is 5.32 Å². The van der Waals surface area contributed by atoms with Gasteiger partial charge >= 0.3 is 0 Å². The van der Waals surface area contributed by atoms with E-state index in [9.17, 15) is 4.79 Å². The monoisotopic (exact) mass is 273 g/mol. The molecule has 0 aliphatic heterocycles. The summed E-state index contributed by atoms with van der Waals surface area (Å²) in [5.41, 5.74) is 1.97. The highest BCUT2D eigenvalue weighted by Gasteiger charge is 2.11. The van der Waals surface area contributed by atoms with E-state index >= 15 is 0 Å². The lowest BCUT2D eigenvalue weighted by Gasteiger charge is -2.06. The standard InChI is InChI=1S/C16H23N3O/c1-12(2)17-10-6-7-13(20)11-15-14-8-4-5-9-16(14)19(3)18-15/h4-5,8-9,12,17H,6-7,10-11H2,1-3H3. The van der Waals surface area contributed by atoms with Crippen LogP contribution >= 0.6 is 0 Å². The fourth-order valence-corrected chi connectivity index (χ4v) is 2.37. The number of hydrogen-bond acceptors (Lipinski definition) is 3. The van der Waals surface area contributed by atoms with Crippen molar-refractivity contribution < 1.29 is 4.79 Å². The van der Waals surface area contributed by atoms with Gasteiger partial charge in [0.25, 0.3) is 0 Å². The van der Waals surface area contributed by atoms with Gasteiger partial charge in [-0.15, -0.1) is 0 Å². The number of fused-ring (bicyclic) bond motifs is 1. The molecule has 0 saturated carbocycles. The molecule has 2 aromatic rings. The maximum absolute atomic E-state index is 12.0. The largest absolute Gasteiger partial charge is 0.315 e. The lowest BCUT2D eigenvalue weighted by molar-refractivity contribution is -0.118. The van der Waals surface area contributed by atoms with E-state index in [1.165, 1.54) is 0 Å². The van der Waals surface area contributed by atoms with Crippen molar-refractivity contribution in [1.29, 1.82) is 0 Å². The van der Waals surface area contributed by atoms with E-state index in [0.717, 1.165) is 29.6 Å². The Labute approximate surface area is 120 Å². The third-order valence-corrected chi connectivity index (χ3v) is 3.38. The van der Waals surface area contributed by atoms with E-state index in [1.54, 1.807) is 0 Å². The molecule has 0 bridgehead atoms. The molecule has 1 heterocycles. The second kappa shape index (κ2) is 6.66. The highest BCUT2D eigenvalue weighted by Crippen LogP contribution is 2.18. The fourth-order valence-electron chi connectivity index (χ4n) is 2.37. The Bertz CT molecular complexity index is 586. The predicted molar refractivity (Wildman–Crippen MR) is 81.8 cm³/mol. The Hall–Kier alpha value is -1.68. The Morgan fingerprint density at radius 2 is 2.10 bits per heavy atom. The first kappa shape index (κ1) is 14.7. The number of para-hydroxylation sites is 1. The van der Waals surface area contributed by atoms with Crippen molar-refractivity contribution in [1.82, 2.24) is 15.1 Å². The molecule has 108 valence electrons. The first-order valence-corrected chi connectivity index (χ1v) is 7.23. The van der Waals surface area contributed by atoms with Crippen molar-refractivity contribution in [3.05, 3.63) is 30.0 Å². The third-order valence-electron chi connectivity index (χ3n) is 3.38. The molecule has 20 heavy (non-hydrogen) atoms. The lowest BCUT2D eigenvalue weighted by atomic mass is 10.1. The number of ketones is 1. The smallest absolute Gasteiger partial charge is 0.138 e. The molecular weight excluding hydrogens is 250 g/mol. The van der Waals surface area contributed by atoms with Crippen molar-refractivity contribution in [2.75, 3.05) is 6.54 Å². The Morgan fingerprint density at radius 3 is 2.85 bits per heavy atom. The van der Waals surface area contributed by atoms with Crippen LogP contribution in [0.15, 0.2) is 24.3 Å². The summed E-state index contributed by atoms with van der Waals surface area (Å²) in [6.07, 6.45) is 1.94. The van der Waals surface area contributed by atoms with E-state index in [4.69, 9.17) is 0 Å². The molecule has 0 radical (unpaired) electrons. The zero-order valence-corrected chi connectivity index (χ0v) is 12.5. The van der Waals surface area contributed by atoms with E-state index in [2.05, 4.69) is 24.3 Å². The molecule has 0 fully saturated rings. The van der Waals surface area contributed by atoms with Gasteiger partial charge in [-0.1, -0.05) is 32.0 Å². The third kappa shape index (κ3) is 3.67. The molecule has 0 saturated heterocycles. The van der Waals surface area contributed by atoms with E-state index in [1.807, 2.05) is 36.0 Å². The van der Waals surface area contributed by atoms with Crippen molar-refractivity contribution in [2.45, 2.75) is 39.2 Å². The molecule has 4 nitrogen and oxygen atoms in total. The van der Waals surface area contributed by atoms with Gasteiger partial charge in [-0.05, 0) is 19.0 Å². The minimum atomic E-state index is 0.263. The van der Waals surface area contributed by atoms with Crippen molar-refractivity contribution >= 4 is 16.7 Å². The number of Topliss-reactive ketones (excluding diaryl/α,β-unsaturated/α-hetero) is 1. The molecule has 4 heteroatoms. The first-order valence-electron chi connectivity index (χ1n) is 7.23. The Kier molecular flexibility index (Phi) is 4.90.